The number of hydrogen-bond donors (Lipinski definition) is 2. The highest BCUT2D eigenvalue weighted by Gasteiger charge is 2.29. The molecule has 2 aromatic heterocycles. The quantitative estimate of drug-likeness (QED) is 0.887. The summed E-state index contributed by atoms with van der Waals surface area (Å²) in [6, 6.07) is 3.78. The van der Waals surface area contributed by atoms with E-state index in [1.807, 2.05) is 0 Å². The largest absolute Gasteiger partial charge is 0.308 e. The molecule has 3 rings (SSSR count). The van der Waals surface area contributed by atoms with E-state index in [1.54, 1.807) is 12.3 Å². The Kier molecular flexibility index (Phi) is 3.61. The second-order valence-corrected chi connectivity index (χ2v) is 4.76. The van der Waals surface area contributed by atoms with Gasteiger partial charge < -0.3 is 10.6 Å². The van der Waals surface area contributed by atoms with Crippen LogP contribution in [0.1, 0.15) is 6.42 Å². The molecule has 1 aliphatic heterocycles. The number of nitrogens with one attached hydrogen (secondary N) is 2. The van der Waals surface area contributed by atoms with Crippen molar-refractivity contribution in [3.05, 3.63) is 36.4 Å². The molecule has 2 unspecified atom stereocenters. The van der Waals surface area contributed by atoms with Gasteiger partial charge in [-0.05, 0) is 12.1 Å². The minimum absolute atomic E-state index is 0.159. The number of aromatic nitrogens is 3. The first-order valence-electron chi connectivity index (χ1n) is 6.48. The minimum Gasteiger partial charge on any atom is -0.308 e. The maximum atomic E-state index is 13.0. The first kappa shape index (κ1) is 13.6. The van der Waals surface area contributed by atoms with Crippen LogP contribution in [0, 0.1) is 5.82 Å². The summed E-state index contributed by atoms with van der Waals surface area (Å²) in [6.07, 6.45) is 1.84. The highest BCUT2D eigenvalue weighted by Crippen LogP contribution is 2.13. The Morgan fingerprint density at radius 3 is 2.95 bits per heavy atom. The van der Waals surface area contributed by atoms with Crippen LogP contribution in [0.2, 0.25) is 0 Å². The van der Waals surface area contributed by atoms with Crippen molar-refractivity contribution < 1.29 is 13.6 Å². The van der Waals surface area contributed by atoms with Crippen LogP contribution < -0.4 is 10.6 Å². The average Bonchev–Trinajstić information content (AvgIpc) is 3.09. The molecule has 2 N–H and O–H groups in total. The molecule has 110 valence electrons. The number of anilines is 1. The third-order valence-electron chi connectivity index (χ3n) is 3.18. The molecule has 3 heterocycles. The van der Waals surface area contributed by atoms with Crippen LogP contribution >= 0.6 is 0 Å². The van der Waals surface area contributed by atoms with Crippen molar-refractivity contribution in [3.8, 4) is 5.82 Å². The van der Waals surface area contributed by atoms with Crippen molar-refractivity contribution >= 4 is 11.7 Å². The normalized spacial score (nSPS) is 21.4. The maximum Gasteiger partial charge on any atom is 0.242 e. The Hall–Kier alpha value is -2.35. The summed E-state index contributed by atoms with van der Waals surface area (Å²) in [7, 11) is 0. The molecule has 6 nitrogen and oxygen atoms in total. The number of rotatable bonds is 3. The summed E-state index contributed by atoms with van der Waals surface area (Å²) in [4.78, 5) is 15.8. The molecule has 0 aromatic carbocycles. The second-order valence-electron chi connectivity index (χ2n) is 4.76. The zero-order chi connectivity index (χ0) is 14.8. The van der Waals surface area contributed by atoms with E-state index < -0.39 is 18.0 Å². The molecule has 1 amide bonds. The van der Waals surface area contributed by atoms with Crippen LogP contribution in [0.15, 0.2) is 30.6 Å². The Balaban J connectivity index is 1.67. The standard InChI is InChI=1S/C13H13F2N5O/c14-8-1-2-12(17-6-8)20-4-3-11(19-20)18-13(21)10-5-9(15)7-16-10/h1-4,6,9-10,16H,5,7H2,(H,18,19,21). The molecule has 0 bridgehead atoms. The highest BCUT2D eigenvalue weighted by atomic mass is 19.1. The van der Waals surface area contributed by atoms with Gasteiger partial charge in [0, 0.05) is 25.2 Å². The van der Waals surface area contributed by atoms with Crippen LogP contribution in [-0.2, 0) is 4.79 Å². The Morgan fingerprint density at radius 1 is 1.43 bits per heavy atom. The lowest BCUT2D eigenvalue weighted by Crippen LogP contribution is -2.35. The van der Waals surface area contributed by atoms with Gasteiger partial charge in [-0.25, -0.2) is 18.4 Å². The zero-order valence-corrected chi connectivity index (χ0v) is 11.0. The van der Waals surface area contributed by atoms with Crippen molar-refractivity contribution in [2.75, 3.05) is 11.9 Å². The number of carbonyl (C=O) groups is 1. The summed E-state index contributed by atoms with van der Waals surface area (Å²) in [6.45, 7) is 0.187. The second kappa shape index (κ2) is 5.57. The topological polar surface area (TPSA) is 71.8 Å². The lowest BCUT2D eigenvalue weighted by molar-refractivity contribution is -0.117. The fourth-order valence-corrected chi connectivity index (χ4v) is 2.13. The fraction of sp³-hybridized carbons (Fsp3) is 0.308. The van der Waals surface area contributed by atoms with Crippen LogP contribution in [0.4, 0.5) is 14.6 Å². The highest BCUT2D eigenvalue weighted by molar-refractivity contribution is 5.94. The van der Waals surface area contributed by atoms with E-state index in [1.165, 1.54) is 16.8 Å². The van der Waals surface area contributed by atoms with Gasteiger partial charge in [0.15, 0.2) is 11.6 Å². The molecular weight excluding hydrogens is 280 g/mol. The predicted molar refractivity (Wildman–Crippen MR) is 71.3 cm³/mol. The fourth-order valence-electron chi connectivity index (χ4n) is 2.13. The molecule has 1 fully saturated rings. The third-order valence-corrected chi connectivity index (χ3v) is 3.18. The number of hydrogen-bond acceptors (Lipinski definition) is 4. The van der Waals surface area contributed by atoms with E-state index in [2.05, 4.69) is 20.7 Å². The summed E-state index contributed by atoms with van der Waals surface area (Å²) in [5.74, 6) is -0.00470. The first-order valence-corrected chi connectivity index (χ1v) is 6.48. The molecule has 2 atom stereocenters. The van der Waals surface area contributed by atoms with Gasteiger partial charge in [0.05, 0.1) is 12.2 Å². The monoisotopic (exact) mass is 293 g/mol. The van der Waals surface area contributed by atoms with Crippen LogP contribution in [0.5, 0.6) is 0 Å². The van der Waals surface area contributed by atoms with Gasteiger partial charge in [0.25, 0.3) is 0 Å². The first-order chi connectivity index (χ1) is 10.1. The summed E-state index contributed by atoms with van der Waals surface area (Å²) < 4.78 is 27.2. The van der Waals surface area contributed by atoms with Crippen molar-refractivity contribution in [1.29, 1.82) is 0 Å². The lowest BCUT2D eigenvalue weighted by Gasteiger charge is -2.08. The molecule has 1 aliphatic rings. The van der Waals surface area contributed by atoms with E-state index in [9.17, 15) is 13.6 Å². The minimum atomic E-state index is -0.998. The molecule has 1 saturated heterocycles. The smallest absolute Gasteiger partial charge is 0.242 e. The van der Waals surface area contributed by atoms with E-state index >= 15 is 0 Å². The summed E-state index contributed by atoms with van der Waals surface area (Å²) >= 11 is 0. The van der Waals surface area contributed by atoms with E-state index in [-0.39, 0.29) is 18.9 Å². The predicted octanol–water partition coefficient (Wildman–Crippen LogP) is 1.04. The van der Waals surface area contributed by atoms with Gasteiger partial charge >= 0.3 is 0 Å². The number of halogens is 2. The number of pyridine rings is 1. The molecule has 2 aromatic rings. The zero-order valence-electron chi connectivity index (χ0n) is 11.0. The Morgan fingerprint density at radius 2 is 2.29 bits per heavy atom. The van der Waals surface area contributed by atoms with E-state index in [0.717, 1.165) is 6.20 Å². The van der Waals surface area contributed by atoms with Gasteiger partial charge in [-0.2, -0.15) is 0 Å². The van der Waals surface area contributed by atoms with Crippen LogP contribution in [0.3, 0.4) is 0 Å². The SMILES string of the molecule is O=C(Nc1ccn(-c2ccc(F)cn2)n1)C1CC(F)CN1. The Labute approximate surface area is 119 Å². The van der Waals surface area contributed by atoms with Crippen molar-refractivity contribution in [2.24, 2.45) is 0 Å². The molecule has 21 heavy (non-hydrogen) atoms. The van der Waals surface area contributed by atoms with Crippen molar-refractivity contribution in [1.82, 2.24) is 20.1 Å². The van der Waals surface area contributed by atoms with Gasteiger partial charge in [0.2, 0.25) is 5.91 Å². The number of alkyl halides is 1. The van der Waals surface area contributed by atoms with Crippen molar-refractivity contribution in [3.63, 3.8) is 0 Å². The number of carbonyl (C=O) groups excluding carboxylic acids is 1. The van der Waals surface area contributed by atoms with Gasteiger partial charge in [-0.15, -0.1) is 5.10 Å². The molecular formula is C13H13F2N5O. The maximum absolute atomic E-state index is 13.0. The summed E-state index contributed by atoms with van der Waals surface area (Å²) in [5.41, 5.74) is 0. The lowest BCUT2D eigenvalue weighted by atomic mass is 10.2. The number of amides is 1. The summed E-state index contributed by atoms with van der Waals surface area (Å²) in [5, 5.41) is 9.52. The van der Waals surface area contributed by atoms with Crippen LogP contribution in [-0.4, -0.2) is 39.4 Å². The average molecular weight is 293 g/mol. The van der Waals surface area contributed by atoms with Gasteiger partial charge in [-0.3, -0.25) is 4.79 Å². The molecule has 0 saturated carbocycles. The van der Waals surface area contributed by atoms with Gasteiger partial charge in [-0.1, -0.05) is 0 Å². The van der Waals surface area contributed by atoms with Crippen LogP contribution in [0.25, 0.3) is 5.82 Å². The van der Waals surface area contributed by atoms with E-state index in [4.69, 9.17) is 0 Å². The van der Waals surface area contributed by atoms with Gasteiger partial charge in [0.1, 0.15) is 12.0 Å². The Bertz CT molecular complexity index is 642. The molecule has 0 spiro atoms. The molecule has 0 aliphatic carbocycles. The molecule has 0 radical (unpaired) electrons. The van der Waals surface area contributed by atoms with E-state index in [0.29, 0.717) is 11.6 Å². The van der Waals surface area contributed by atoms with Crippen molar-refractivity contribution in [2.45, 2.75) is 18.6 Å². The third kappa shape index (κ3) is 3.05. The number of nitrogens with zero attached hydrogens (tertiary/aromatic N) is 3. The molecule has 8 heteroatoms.